The summed E-state index contributed by atoms with van der Waals surface area (Å²) in [5.41, 5.74) is 6.36. The Bertz CT molecular complexity index is 1250. The quantitative estimate of drug-likeness (QED) is 0.505. The average Bonchev–Trinajstić information content (AvgIpc) is 2.89. The van der Waals surface area contributed by atoms with Crippen LogP contribution in [0, 0.1) is 20.8 Å². The summed E-state index contributed by atoms with van der Waals surface area (Å²) in [6.07, 6.45) is 1.65. The second kappa shape index (κ2) is 10.9. The van der Waals surface area contributed by atoms with E-state index < -0.39 is 0 Å². The van der Waals surface area contributed by atoms with E-state index >= 15 is 0 Å². The number of hydrogen-bond donors (Lipinski definition) is 0. The Kier molecular flexibility index (Phi) is 7.51. The van der Waals surface area contributed by atoms with Gasteiger partial charge in [-0.3, -0.25) is 24.1 Å². The Balaban J connectivity index is 1.45. The molecule has 1 saturated heterocycles. The normalized spacial score (nSPS) is 16.8. The molecule has 3 aromatic rings. The smallest absolute Gasteiger partial charge is 0.259 e. The van der Waals surface area contributed by atoms with Gasteiger partial charge in [0.25, 0.3) is 5.56 Å². The number of aromatic nitrogens is 2. The maximum Gasteiger partial charge on any atom is 0.259 e. The molecule has 1 aromatic heterocycles. The number of nitrogens with zero attached hydrogens (tertiary/aromatic N) is 5. The van der Waals surface area contributed by atoms with Crippen LogP contribution in [0.2, 0.25) is 0 Å². The zero-order valence-electron chi connectivity index (χ0n) is 21.7. The van der Waals surface area contributed by atoms with E-state index in [0.29, 0.717) is 13.1 Å². The fraction of sp³-hybridized carbons (Fsp3) is 0.448. The lowest BCUT2D eigenvalue weighted by atomic mass is 10.0. The molecular formula is C29H37N5O2. The van der Waals surface area contributed by atoms with Crippen LogP contribution in [0.1, 0.15) is 34.4 Å². The molecule has 2 aliphatic rings. The van der Waals surface area contributed by atoms with Gasteiger partial charge in [-0.25, -0.2) is 4.98 Å². The van der Waals surface area contributed by atoms with Gasteiger partial charge in [-0.05, 0) is 62.6 Å². The number of rotatable bonds is 7. The van der Waals surface area contributed by atoms with E-state index in [1.165, 1.54) is 11.1 Å². The van der Waals surface area contributed by atoms with E-state index in [1.807, 2.05) is 29.7 Å². The van der Waals surface area contributed by atoms with Crippen LogP contribution >= 0.6 is 0 Å². The molecule has 7 heteroatoms. The summed E-state index contributed by atoms with van der Waals surface area (Å²) in [5, 5.41) is 0. The van der Waals surface area contributed by atoms with Gasteiger partial charge in [-0.1, -0.05) is 36.4 Å². The number of ether oxygens (including phenoxy) is 1. The van der Waals surface area contributed by atoms with Crippen molar-refractivity contribution in [2.24, 2.45) is 0 Å². The summed E-state index contributed by atoms with van der Waals surface area (Å²) in [6.45, 7) is 13.1. The Hall–Kier alpha value is -3.00. The monoisotopic (exact) mass is 487 g/mol. The first-order chi connectivity index (χ1) is 17.5. The lowest BCUT2D eigenvalue weighted by molar-refractivity contribution is 0.0354. The number of hydrogen-bond acceptors (Lipinski definition) is 6. The molecule has 7 nitrogen and oxygen atoms in total. The van der Waals surface area contributed by atoms with Crippen LogP contribution in [0.3, 0.4) is 0 Å². The van der Waals surface area contributed by atoms with Gasteiger partial charge in [0.15, 0.2) is 0 Å². The van der Waals surface area contributed by atoms with Crippen LogP contribution in [0.5, 0.6) is 0 Å². The van der Waals surface area contributed by atoms with Gasteiger partial charge in [0.1, 0.15) is 0 Å². The van der Waals surface area contributed by atoms with Crippen LogP contribution in [0.4, 0.5) is 11.6 Å². The number of anilines is 2. The first-order valence-corrected chi connectivity index (χ1v) is 13.0. The third-order valence-corrected chi connectivity index (χ3v) is 7.45. The predicted molar refractivity (Wildman–Crippen MR) is 144 cm³/mol. The van der Waals surface area contributed by atoms with Gasteiger partial charge in [0.05, 0.1) is 32.2 Å². The molecule has 0 saturated carbocycles. The van der Waals surface area contributed by atoms with Gasteiger partial charge < -0.3 is 4.74 Å². The molecule has 1 fully saturated rings. The van der Waals surface area contributed by atoms with Gasteiger partial charge in [0, 0.05) is 37.3 Å². The molecule has 36 heavy (non-hydrogen) atoms. The van der Waals surface area contributed by atoms with Crippen molar-refractivity contribution in [2.45, 2.75) is 40.3 Å². The molecule has 2 aliphatic heterocycles. The van der Waals surface area contributed by atoms with Gasteiger partial charge in [-0.15, -0.1) is 0 Å². The average molecular weight is 488 g/mol. The molecule has 3 heterocycles. The minimum atomic E-state index is 0.0630. The van der Waals surface area contributed by atoms with E-state index in [9.17, 15) is 4.79 Å². The summed E-state index contributed by atoms with van der Waals surface area (Å²) >= 11 is 0. The van der Waals surface area contributed by atoms with Crippen LogP contribution in [-0.4, -0.2) is 65.4 Å². The second-order valence-corrected chi connectivity index (χ2v) is 10.1. The molecule has 0 amide bonds. The summed E-state index contributed by atoms with van der Waals surface area (Å²) in [7, 11) is 0. The van der Waals surface area contributed by atoms with Crippen molar-refractivity contribution in [3.63, 3.8) is 0 Å². The molecule has 0 spiro atoms. The lowest BCUT2D eigenvalue weighted by Crippen LogP contribution is -2.48. The predicted octanol–water partition coefficient (Wildman–Crippen LogP) is 3.85. The first-order valence-electron chi connectivity index (χ1n) is 13.0. The number of morpholine rings is 1. The SMILES string of the molecule is Cc1ccc(N2CN(CCCN3CCOCC3)Cn3c2nc(C)c(Cc2ccccc2)c3=O)cc1C. The zero-order chi connectivity index (χ0) is 25.1. The van der Waals surface area contributed by atoms with Gasteiger partial charge in [-0.2, -0.15) is 0 Å². The Morgan fingerprint density at radius 3 is 2.39 bits per heavy atom. The topological polar surface area (TPSA) is 53.8 Å². The van der Waals surface area contributed by atoms with E-state index in [2.05, 4.69) is 58.9 Å². The molecule has 0 radical (unpaired) electrons. The van der Waals surface area contributed by atoms with Gasteiger partial charge >= 0.3 is 0 Å². The molecule has 2 aromatic carbocycles. The highest BCUT2D eigenvalue weighted by Crippen LogP contribution is 2.29. The van der Waals surface area contributed by atoms with Crippen LogP contribution in [-0.2, 0) is 17.8 Å². The van der Waals surface area contributed by atoms with Crippen molar-refractivity contribution in [3.05, 3.63) is 86.8 Å². The Labute approximate surface area is 213 Å². The molecular weight excluding hydrogens is 450 g/mol. The highest BCUT2D eigenvalue weighted by Gasteiger charge is 2.28. The molecule has 0 unspecified atom stereocenters. The largest absolute Gasteiger partial charge is 0.379 e. The van der Waals surface area contributed by atoms with Crippen molar-refractivity contribution in [1.29, 1.82) is 0 Å². The van der Waals surface area contributed by atoms with Crippen molar-refractivity contribution in [3.8, 4) is 0 Å². The third kappa shape index (κ3) is 5.38. The highest BCUT2D eigenvalue weighted by atomic mass is 16.5. The summed E-state index contributed by atoms with van der Waals surface area (Å²) in [6, 6.07) is 16.7. The van der Waals surface area contributed by atoms with Crippen LogP contribution < -0.4 is 10.5 Å². The lowest BCUT2D eigenvalue weighted by Gasteiger charge is -2.39. The van der Waals surface area contributed by atoms with E-state index in [4.69, 9.17) is 9.72 Å². The number of aryl methyl sites for hydroxylation is 3. The fourth-order valence-electron chi connectivity index (χ4n) is 5.11. The number of benzene rings is 2. The maximum atomic E-state index is 13.9. The van der Waals surface area contributed by atoms with Crippen LogP contribution in [0.15, 0.2) is 53.3 Å². The number of fused-ring (bicyclic) bond motifs is 1. The minimum absolute atomic E-state index is 0.0630. The third-order valence-electron chi connectivity index (χ3n) is 7.45. The minimum Gasteiger partial charge on any atom is -0.379 e. The van der Waals surface area contributed by atoms with Crippen molar-refractivity contribution < 1.29 is 4.74 Å². The molecule has 190 valence electrons. The molecule has 0 atom stereocenters. The molecule has 0 aliphatic carbocycles. The van der Waals surface area contributed by atoms with E-state index in [1.54, 1.807) is 0 Å². The van der Waals surface area contributed by atoms with Crippen molar-refractivity contribution >= 4 is 11.6 Å². The molecule has 0 bridgehead atoms. The zero-order valence-corrected chi connectivity index (χ0v) is 21.7. The summed E-state index contributed by atoms with van der Waals surface area (Å²) < 4.78 is 7.36. The molecule has 0 N–H and O–H groups in total. The Morgan fingerprint density at radius 2 is 1.64 bits per heavy atom. The van der Waals surface area contributed by atoms with E-state index in [0.717, 1.165) is 80.9 Å². The fourth-order valence-corrected chi connectivity index (χ4v) is 5.11. The molecule has 5 rings (SSSR count). The van der Waals surface area contributed by atoms with Gasteiger partial charge in [0.2, 0.25) is 5.95 Å². The van der Waals surface area contributed by atoms with E-state index in [-0.39, 0.29) is 5.56 Å². The standard InChI is InChI=1S/C29H37N5O2/c1-22-10-11-26(18-23(22)2)33-20-32(13-7-12-31-14-16-36-17-15-31)21-34-28(35)27(24(3)30-29(33)34)19-25-8-5-4-6-9-25/h4-6,8-11,18H,7,12-17,19-21H2,1-3H3. The summed E-state index contributed by atoms with van der Waals surface area (Å²) in [4.78, 5) is 25.9. The van der Waals surface area contributed by atoms with Crippen molar-refractivity contribution in [2.75, 3.05) is 51.0 Å². The maximum absolute atomic E-state index is 13.9. The first kappa shape index (κ1) is 24.7. The van der Waals surface area contributed by atoms with Crippen LogP contribution in [0.25, 0.3) is 0 Å². The summed E-state index contributed by atoms with van der Waals surface area (Å²) in [5.74, 6) is 0.738. The Morgan fingerprint density at radius 1 is 0.889 bits per heavy atom. The van der Waals surface area contributed by atoms with Crippen molar-refractivity contribution in [1.82, 2.24) is 19.4 Å². The second-order valence-electron chi connectivity index (χ2n) is 10.1. The highest BCUT2D eigenvalue weighted by molar-refractivity contribution is 5.60.